The predicted molar refractivity (Wildman–Crippen MR) is 137 cm³/mol. The molecular weight excluding hydrogens is 468 g/mol. The van der Waals surface area contributed by atoms with Crippen LogP contribution in [0.2, 0.25) is 5.02 Å². The summed E-state index contributed by atoms with van der Waals surface area (Å²) >= 11 is 8.06. The maximum atomic E-state index is 12.1. The molecule has 0 unspecified atom stereocenters. The molecule has 1 amide bonds. The van der Waals surface area contributed by atoms with Crippen LogP contribution in [0.4, 0.5) is 0 Å². The molecule has 4 aromatic rings. The summed E-state index contributed by atoms with van der Waals surface area (Å²) in [5.41, 5.74) is 3.47. The lowest BCUT2D eigenvalue weighted by atomic mass is 10.1. The van der Waals surface area contributed by atoms with Gasteiger partial charge in [0.15, 0.2) is 11.0 Å². The minimum atomic E-state index is -0.0150. The van der Waals surface area contributed by atoms with Crippen LogP contribution in [0.15, 0.2) is 78.0 Å². The summed E-state index contributed by atoms with van der Waals surface area (Å²) in [7, 11) is 3.49. The molecule has 4 rings (SSSR count). The van der Waals surface area contributed by atoms with Gasteiger partial charge in [-0.2, -0.15) is 0 Å². The number of thioether (sulfide) groups is 1. The number of hydrogen-bond donors (Lipinski definition) is 0. The van der Waals surface area contributed by atoms with E-state index in [1.807, 2.05) is 84.3 Å². The zero-order valence-corrected chi connectivity index (χ0v) is 20.8. The van der Waals surface area contributed by atoms with Gasteiger partial charge < -0.3 is 9.64 Å². The van der Waals surface area contributed by atoms with Crippen molar-refractivity contribution < 1.29 is 9.53 Å². The van der Waals surface area contributed by atoms with E-state index in [1.54, 1.807) is 30.8 Å². The predicted octanol–water partition coefficient (Wildman–Crippen LogP) is 5.98. The van der Waals surface area contributed by atoms with Crippen LogP contribution in [0.1, 0.15) is 22.8 Å². The second-order valence-electron chi connectivity index (χ2n) is 7.73. The van der Waals surface area contributed by atoms with Gasteiger partial charge in [-0.15, -0.1) is 10.2 Å². The molecule has 0 aliphatic carbocycles. The molecule has 0 spiro atoms. The quantitative estimate of drug-likeness (QED) is 0.283. The molecule has 0 fully saturated rings. The number of halogens is 1. The number of hydrogen-bond acceptors (Lipinski definition) is 5. The molecule has 0 aliphatic rings. The first-order valence-corrected chi connectivity index (χ1v) is 12.2. The fourth-order valence-corrected chi connectivity index (χ4v) is 4.55. The average molecular weight is 493 g/mol. The number of nitrogens with zero attached hydrogens (tertiary/aromatic N) is 4. The fraction of sp³-hybridized carbons (Fsp3) is 0.192. The Hall–Kier alpha value is -3.29. The molecule has 0 saturated carbocycles. The molecule has 34 heavy (non-hydrogen) atoms. The van der Waals surface area contributed by atoms with E-state index >= 15 is 0 Å². The summed E-state index contributed by atoms with van der Waals surface area (Å²) in [5.74, 6) is 2.14. The summed E-state index contributed by atoms with van der Waals surface area (Å²) in [4.78, 5) is 13.7. The van der Waals surface area contributed by atoms with E-state index in [0.29, 0.717) is 28.8 Å². The van der Waals surface area contributed by atoms with Crippen molar-refractivity contribution >= 4 is 29.3 Å². The molecule has 0 aliphatic heterocycles. The number of rotatable bonds is 8. The smallest absolute Gasteiger partial charge is 0.253 e. The van der Waals surface area contributed by atoms with E-state index in [2.05, 4.69) is 10.2 Å². The lowest BCUT2D eigenvalue weighted by molar-refractivity contribution is 0.0827. The van der Waals surface area contributed by atoms with Crippen molar-refractivity contribution in [2.45, 2.75) is 17.8 Å². The van der Waals surface area contributed by atoms with Gasteiger partial charge in [0.1, 0.15) is 5.75 Å². The molecular formula is C26H25ClN4O2S. The number of aromatic nitrogens is 3. The zero-order chi connectivity index (χ0) is 24.1. The number of carbonyl (C=O) groups is 1. The standard InChI is InChI=1S/C26H25ClN4O2S/c1-4-33-21-15-13-20(14-16-21)31-24(22-7-5-6-8-23(22)27)28-29-26(31)34-17-18-9-11-19(12-10-18)25(32)30(2)3/h5-16H,4,17H2,1-3H3. The summed E-state index contributed by atoms with van der Waals surface area (Å²) in [6, 6.07) is 23.1. The molecule has 0 bridgehead atoms. The van der Waals surface area contributed by atoms with Crippen LogP contribution in [-0.4, -0.2) is 46.3 Å². The topological polar surface area (TPSA) is 60.2 Å². The molecule has 3 aromatic carbocycles. The Morgan fingerprint density at radius 3 is 2.35 bits per heavy atom. The van der Waals surface area contributed by atoms with Crippen LogP contribution in [0, 0.1) is 0 Å². The third kappa shape index (κ3) is 5.26. The highest BCUT2D eigenvalue weighted by Crippen LogP contribution is 2.33. The van der Waals surface area contributed by atoms with E-state index in [4.69, 9.17) is 16.3 Å². The summed E-state index contributed by atoms with van der Waals surface area (Å²) in [5, 5.41) is 10.3. The molecule has 0 saturated heterocycles. The summed E-state index contributed by atoms with van der Waals surface area (Å²) in [6.07, 6.45) is 0. The molecule has 0 radical (unpaired) electrons. The normalized spacial score (nSPS) is 10.8. The molecule has 0 atom stereocenters. The molecule has 0 N–H and O–H groups in total. The van der Waals surface area contributed by atoms with E-state index in [-0.39, 0.29) is 5.91 Å². The van der Waals surface area contributed by atoms with Crippen molar-refractivity contribution in [2.75, 3.05) is 20.7 Å². The van der Waals surface area contributed by atoms with Gasteiger partial charge in [0.05, 0.1) is 11.6 Å². The zero-order valence-electron chi connectivity index (χ0n) is 19.2. The third-order valence-corrected chi connectivity index (χ3v) is 6.46. The minimum Gasteiger partial charge on any atom is -0.494 e. The number of benzene rings is 3. The van der Waals surface area contributed by atoms with E-state index in [0.717, 1.165) is 27.7 Å². The Labute approximate surface area is 208 Å². The van der Waals surface area contributed by atoms with Gasteiger partial charge in [0.2, 0.25) is 0 Å². The van der Waals surface area contributed by atoms with Crippen LogP contribution in [0.5, 0.6) is 5.75 Å². The van der Waals surface area contributed by atoms with Crippen molar-refractivity contribution in [3.05, 3.63) is 88.9 Å². The van der Waals surface area contributed by atoms with Crippen LogP contribution in [0.3, 0.4) is 0 Å². The van der Waals surface area contributed by atoms with Crippen molar-refractivity contribution in [1.29, 1.82) is 0 Å². The molecule has 1 heterocycles. The molecule has 1 aromatic heterocycles. The van der Waals surface area contributed by atoms with Crippen LogP contribution >= 0.6 is 23.4 Å². The SMILES string of the molecule is CCOc1ccc(-n2c(SCc3ccc(C(=O)N(C)C)cc3)nnc2-c2ccccc2Cl)cc1. The summed E-state index contributed by atoms with van der Waals surface area (Å²) in [6.45, 7) is 2.57. The van der Waals surface area contributed by atoms with Gasteiger partial charge in [0.25, 0.3) is 5.91 Å². The van der Waals surface area contributed by atoms with Gasteiger partial charge >= 0.3 is 0 Å². The first-order valence-electron chi connectivity index (χ1n) is 10.8. The van der Waals surface area contributed by atoms with Crippen LogP contribution < -0.4 is 4.74 Å². The van der Waals surface area contributed by atoms with Gasteiger partial charge in [-0.3, -0.25) is 9.36 Å². The largest absolute Gasteiger partial charge is 0.494 e. The van der Waals surface area contributed by atoms with Crippen molar-refractivity contribution in [1.82, 2.24) is 19.7 Å². The highest BCUT2D eigenvalue weighted by molar-refractivity contribution is 7.98. The van der Waals surface area contributed by atoms with E-state index in [1.165, 1.54) is 0 Å². The van der Waals surface area contributed by atoms with Gasteiger partial charge in [0, 0.05) is 36.7 Å². The maximum Gasteiger partial charge on any atom is 0.253 e. The van der Waals surface area contributed by atoms with Gasteiger partial charge in [-0.1, -0.05) is 47.6 Å². The Kier molecular flexibility index (Phi) is 7.55. The Morgan fingerprint density at radius 2 is 1.71 bits per heavy atom. The third-order valence-electron chi connectivity index (χ3n) is 5.13. The summed E-state index contributed by atoms with van der Waals surface area (Å²) < 4.78 is 7.60. The first kappa shape index (κ1) is 23.9. The molecule has 6 nitrogen and oxygen atoms in total. The van der Waals surface area contributed by atoms with Crippen molar-refractivity contribution in [2.24, 2.45) is 0 Å². The fourth-order valence-electron chi connectivity index (χ4n) is 3.42. The monoisotopic (exact) mass is 492 g/mol. The Bertz CT molecular complexity index is 1270. The second kappa shape index (κ2) is 10.8. The highest BCUT2D eigenvalue weighted by atomic mass is 35.5. The van der Waals surface area contributed by atoms with Crippen LogP contribution in [-0.2, 0) is 5.75 Å². The lowest BCUT2D eigenvalue weighted by Gasteiger charge is -2.12. The van der Waals surface area contributed by atoms with E-state index in [9.17, 15) is 4.79 Å². The second-order valence-corrected chi connectivity index (χ2v) is 9.08. The first-order chi connectivity index (χ1) is 16.5. The highest BCUT2D eigenvalue weighted by Gasteiger charge is 2.18. The lowest BCUT2D eigenvalue weighted by Crippen LogP contribution is -2.21. The van der Waals surface area contributed by atoms with Crippen molar-refractivity contribution in [3.8, 4) is 22.8 Å². The average Bonchev–Trinajstić information content (AvgIpc) is 3.27. The number of amides is 1. The Morgan fingerprint density at radius 1 is 1.00 bits per heavy atom. The molecule has 174 valence electrons. The maximum absolute atomic E-state index is 12.1. The van der Waals surface area contributed by atoms with Crippen LogP contribution in [0.25, 0.3) is 17.1 Å². The van der Waals surface area contributed by atoms with Gasteiger partial charge in [-0.05, 0) is 61.0 Å². The minimum absolute atomic E-state index is 0.0150. The molecule has 8 heteroatoms. The van der Waals surface area contributed by atoms with E-state index < -0.39 is 0 Å². The Balaban J connectivity index is 1.65. The van der Waals surface area contributed by atoms with Crippen molar-refractivity contribution in [3.63, 3.8) is 0 Å². The number of ether oxygens (including phenoxy) is 1. The van der Waals surface area contributed by atoms with Gasteiger partial charge in [-0.25, -0.2) is 0 Å². The number of carbonyl (C=O) groups excluding carboxylic acids is 1.